The molecule has 1 aliphatic rings. The number of nitrogens with one attached hydrogen (secondary N) is 1. The van der Waals surface area contributed by atoms with Gasteiger partial charge in [0.25, 0.3) is 0 Å². The molecule has 0 aromatic carbocycles. The fourth-order valence-electron chi connectivity index (χ4n) is 2.02. The minimum absolute atomic E-state index is 0. The Morgan fingerprint density at radius 3 is 2.33 bits per heavy atom. The molecule has 1 fully saturated rings. The molecule has 15 heavy (non-hydrogen) atoms. The maximum Gasteiger partial charge on any atom is 1.00 e. The van der Waals surface area contributed by atoms with Crippen molar-refractivity contribution in [2.45, 2.75) is 57.4 Å². The summed E-state index contributed by atoms with van der Waals surface area (Å²) in [6.07, 6.45) is 8.74. The van der Waals surface area contributed by atoms with Gasteiger partial charge in [-0.25, -0.2) is 0 Å². The molecule has 0 aliphatic heterocycles. The molecule has 0 saturated heterocycles. The number of aliphatic carboxylic acids is 1. The van der Waals surface area contributed by atoms with Crippen molar-refractivity contribution in [3.8, 4) is 0 Å². The molecule has 0 radical (unpaired) electrons. The predicted molar refractivity (Wildman–Crippen MR) is 53.7 cm³/mol. The van der Waals surface area contributed by atoms with Gasteiger partial charge < -0.3 is 15.2 Å². The fraction of sp³-hybridized carbons (Fsp3) is 0.909. The molecule has 3 nitrogen and oxygen atoms in total. The quantitative estimate of drug-likeness (QED) is 0.327. The van der Waals surface area contributed by atoms with Gasteiger partial charge in [0.1, 0.15) is 0 Å². The van der Waals surface area contributed by atoms with E-state index < -0.39 is 5.97 Å². The van der Waals surface area contributed by atoms with Crippen molar-refractivity contribution >= 4 is 5.97 Å². The van der Waals surface area contributed by atoms with Crippen LogP contribution in [0, 0.1) is 0 Å². The summed E-state index contributed by atoms with van der Waals surface area (Å²) in [5, 5.41) is 13.6. The summed E-state index contributed by atoms with van der Waals surface area (Å²) >= 11 is 0. The molecule has 0 unspecified atom stereocenters. The molecule has 0 spiro atoms. The Bertz CT molecular complexity index is 168. The zero-order chi connectivity index (χ0) is 10.2. The number of carboxylic acid groups (broad SMARTS) is 1. The van der Waals surface area contributed by atoms with Crippen LogP contribution in [0.1, 0.15) is 51.4 Å². The maximum absolute atomic E-state index is 10.2. The van der Waals surface area contributed by atoms with E-state index in [1.54, 1.807) is 0 Å². The molecule has 0 heterocycles. The largest absolute Gasteiger partial charge is 1.00 e. The van der Waals surface area contributed by atoms with Crippen molar-refractivity contribution in [2.75, 3.05) is 6.54 Å². The number of carboxylic acids is 1. The van der Waals surface area contributed by atoms with Gasteiger partial charge in [0.15, 0.2) is 0 Å². The number of carbonyl (C=O) groups excluding carboxylic acids is 1. The van der Waals surface area contributed by atoms with Gasteiger partial charge in [0, 0.05) is 12.0 Å². The Labute approximate surface area is 114 Å². The number of carbonyl (C=O) groups is 1. The predicted octanol–water partition coefficient (Wildman–Crippen LogP) is -2.17. The van der Waals surface area contributed by atoms with Crippen LogP contribution in [0.5, 0.6) is 0 Å². The van der Waals surface area contributed by atoms with Crippen molar-refractivity contribution in [1.29, 1.82) is 0 Å². The molecule has 1 saturated carbocycles. The first-order valence-electron chi connectivity index (χ1n) is 5.72. The van der Waals surface area contributed by atoms with E-state index in [2.05, 4.69) is 5.32 Å². The van der Waals surface area contributed by atoms with Crippen LogP contribution >= 0.6 is 0 Å². The summed E-state index contributed by atoms with van der Waals surface area (Å²) in [6.45, 7) is 0.818. The van der Waals surface area contributed by atoms with Crippen LogP contribution in [0.15, 0.2) is 0 Å². The topological polar surface area (TPSA) is 52.2 Å². The van der Waals surface area contributed by atoms with E-state index >= 15 is 0 Å². The number of hydrogen-bond acceptors (Lipinski definition) is 3. The first-order valence-corrected chi connectivity index (χ1v) is 5.72. The van der Waals surface area contributed by atoms with Crippen LogP contribution in [0.4, 0.5) is 0 Å². The number of hydrogen-bond donors (Lipinski definition) is 1. The third-order valence-electron chi connectivity index (χ3n) is 2.85. The normalized spacial score (nSPS) is 17.9. The number of rotatable bonds is 5. The van der Waals surface area contributed by atoms with Crippen molar-refractivity contribution < 1.29 is 39.5 Å². The fourth-order valence-corrected chi connectivity index (χ4v) is 2.02. The second-order valence-electron chi connectivity index (χ2n) is 4.12. The average molecular weight is 221 g/mol. The van der Waals surface area contributed by atoms with Crippen LogP contribution in [0.25, 0.3) is 0 Å². The minimum atomic E-state index is -0.937. The first-order chi connectivity index (χ1) is 6.79. The molecule has 82 valence electrons. The van der Waals surface area contributed by atoms with E-state index in [1.807, 2.05) is 0 Å². The molecular weight excluding hydrogens is 201 g/mol. The van der Waals surface area contributed by atoms with Gasteiger partial charge in [0.05, 0.1) is 0 Å². The minimum Gasteiger partial charge on any atom is -0.550 e. The van der Waals surface area contributed by atoms with Gasteiger partial charge in [0.2, 0.25) is 0 Å². The average Bonchev–Trinajstić information content (AvgIpc) is 2.40. The van der Waals surface area contributed by atoms with E-state index in [-0.39, 0.29) is 36.0 Å². The SMILES string of the molecule is O=C([O-])CCCNC1CCCCCC1.[Na+]. The van der Waals surface area contributed by atoms with Crippen LogP contribution in [0.2, 0.25) is 0 Å². The summed E-state index contributed by atoms with van der Waals surface area (Å²) in [7, 11) is 0. The molecule has 0 aromatic heterocycles. The van der Waals surface area contributed by atoms with Crippen molar-refractivity contribution in [3.63, 3.8) is 0 Å². The Balaban J connectivity index is 0.00000196. The smallest absolute Gasteiger partial charge is 0.550 e. The van der Waals surface area contributed by atoms with Crippen LogP contribution in [-0.4, -0.2) is 18.6 Å². The van der Waals surface area contributed by atoms with Crippen LogP contribution in [0.3, 0.4) is 0 Å². The first kappa shape index (κ1) is 15.4. The summed E-state index contributed by atoms with van der Waals surface area (Å²) in [4.78, 5) is 10.2. The monoisotopic (exact) mass is 221 g/mol. The van der Waals surface area contributed by atoms with Gasteiger partial charge in [-0.15, -0.1) is 0 Å². The van der Waals surface area contributed by atoms with Crippen molar-refractivity contribution in [2.24, 2.45) is 0 Å². The van der Waals surface area contributed by atoms with E-state index in [4.69, 9.17) is 0 Å². The second-order valence-corrected chi connectivity index (χ2v) is 4.12. The Kier molecular flexibility index (Phi) is 9.92. The van der Waals surface area contributed by atoms with Gasteiger partial charge in [-0.05, 0) is 32.2 Å². The third-order valence-corrected chi connectivity index (χ3v) is 2.85. The molecule has 0 amide bonds. The van der Waals surface area contributed by atoms with Gasteiger partial charge in [-0.3, -0.25) is 0 Å². The summed E-state index contributed by atoms with van der Waals surface area (Å²) in [5.74, 6) is -0.937. The standard InChI is InChI=1S/C11H21NO2.Na/c13-11(14)8-5-9-12-10-6-3-1-2-4-7-10;/h10,12H,1-9H2,(H,13,14);/q;+1/p-1. The van der Waals surface area contributed by atoms with Crippen LogP contribution < -0.4 is 40.0 Å². The maximum atomic E-state index is 10.2. The molecule has 1 rings (SSSR count). The van der Waals surface area contributed by atoms with E-state index in [9.17, 15) is 9.90 Å². The molecule has 1 N–H and O–H groups in total. The van der Waals surface area contributed by atoms with Crippen LogP contribution in [-0.2, 0) is 4.79 Å². The van der Waals surface area contributed by atoms with Gasteiger partial charge in [-0.1, -0.05) is 25.7 Å². The Morgan fingerprint density at radius 2 is 1.80 bits per heavy atom. The third kappa shape index (κ3) is 8.26. The van der Waals surface area contributed by atoms with E-state index in [0.717, 1.165) is 6.54 Å². The molecular formula is C11H20NNaO2. The summed E-state index contributed by atoms with van der Waals surface area (Å²) in [5.41, 5.74) is 0. The molecule has 0 atom stereocenters. The van der Waals surface area contributed by atoms with Gasteiger partial charge in [-0.2, -0.15) is 0 Å². The van der Waals surface area contributed by atoms with E-state index in [1.165, 1.54) is 38.5 Å². The molecule has 0 bridgehead atoms. The summed E-state index contributed by atoms with van der Waals surface area (Å²) < 4.78 is 0. The zero-order valence-electron chi connectivity index (χ0n) is 9.76. The Morgan fingerprint density at radius 1 is 1.20 bits per heavy atom. The molecule has 4 heteroatoms. The summed E-state index contributed by atoms with van der Waals surface area (Å²) in [6, 6.07) is 0.624. The molecule has 1 aliphatic carbocycles. The van der Waals surface area contributed by atoms with Crippen molar-refractivity contribution in [3.05, 3.63) is 0 Å². The van der Waals surface area contributed by atoms with Gasteiger partial charge >= 0.3 is 29.6 Å². The Hall–Kier alpha value is 0.430. The molecule has 0 aromatic rings. The second kappa shape index (κ2) is 9.64. The zero-order valence-corrected chi connectivity index (χ0v) is 11.8. The van der Waals surface area contributed by atoms with E-state index in [0.29, 0.717) is 12.5 Å². The van der Waals surface area contributed by atoms with Crippen molar-refractivity contribution in [1.82, 2.24) is 5.32 Å².